The van der Waals surface area contributed by atoms with Gasteiger partial charge in [-0.2, -0.15) is 9.37 Å². The fraction of sp³-hybridized carbons (Fsp3) is 0.0769. The predicted molar refractivity (Wildman–Crippen MR) is 78.0 cm³/mol. The Bertz CT molecular complexity index is 803. The van der Waals surface area contributed by atoms with Gasteiger partial charge in [0.1, 0.15) is 0 Å². The van der Waals surface area contributed by atoms with Crippen LogP contribution in [-0.2, 0) is 6.54 Å². The number of rotatable bonds is 5. The topological polar surface area (TPSA) is 94.1 Å². The summed E-state index contributed by atoms with van der Waals surface area (Å²) in [5.41, 5.74) is -0.196. The molecular formula is C13H9FN4O3S. The van der Waals surface area contributed by atoms with Crippen LogP contribution in [0.3, 0.4) is 0 Å². The number of anilines is 1. The summed E-state index contributed by atoms with van der Waals surface area (Å²) in [6.07, 6.45) is 0. The molecule has 0 saturated carbocycles. The van der Waals surface area contributed by atoms with E-state index in [1.54, 1.807) is 0 Å². The Morgan fingerprint density at radius 1 is 1.41 bits per heavy atom. The maximum absolute atomic E-state index is 13.2. The third-order valence-corrected chi connectivity index (χ3v) is 3.66. The Balaban J connectivity index is 1.70. The molecule has 1 N–H and O–H groups in total. The average Bonchev–Trinajstić information content (AvgIpc) is 3.17. The molecule has 7 nitrogen and oxygen atoms in total. The van der Waals surface area contributed by atoms with Crippen molar-refractivity contribution in [2.45, 2.75) is 6.54 Å². The number of nitro benzene ring substituents is 1. The Labute approximate surface area is 127 Å². The van der Waals surface area contributed by atoms with Crippen molar-refractivity contribution < 1.29 is 13.8 Å². The van der Waals surface area contributed by atoms with E-state index in [-0.39, 0.29) is 6.54 Å². The maximum atomic E-state index is 13.2. The molecule has 3 rings (SSSR count). The Hall–Kier alpha value is -2.81. The highest BCUT2D eigenvalue weighted by Crippen LogP contribution is 2.23. The molecule has 3 aromatic rings. The monoisotopic (exact) mass is 320 g/mol. The van der Waals surface area contributed by atoms with Gasteiger partial charge in [0.05, 0.1) is 16.3 Å². The zero-order chi connectivity index (χ0) is 15.5. The highest BCUT2D eigenvalue weighted by Gasteiger charge is 2.15. The second kappa shape index (κ2) is 5.90. The first kappa shape index (κ1) is 14.1. The van der Waals surface area contributed by atoms with Gasteiger partial charge >= 0.3 is 5.69 Å². The van der Waals surface area contributed by atoms with Crippen LogP contribution in [0.25, 0.3) is 10.7 Å². The standard InChI is InChI=1S/C13H9FN4O3S/c14-9-4-3-8(6-10(9)18(19)20)15-7-12-16-13(17-21-12)11-2-1-5-22-11/h1-6,15H,7H2. The highest BCUT2D eigenvalue weighted by atomic mass is 32.1. The molecule has 0 unspecified atom stereocenters. The minimum absolute atomic E-state index is 0.182. The average molecular weight is 320 g/mol. The minimum Gasteiger partial charge on any atom is -0.376 e. The molecule has 2 aromatic heterocycles. The quantitative estimate of drug-likeness (QED) is 0.571. The zero-order valence-corrected chi connectivity index (χ0v) is 11.8. The van der Waals surface area contributed by atoms with Crippen LogP contribution in [0.5, 0.6) is 0 Å². The van der Waals surface area contributed by atoms with E-state index < -0.39 is 16.4 Å². The molecule has 22 heavy (non-hydrogen) atoms. The molecule has 0 amide bonds. The molecule has 0 aliphatic carbocycles. The molecule has 0 radical (unpaired) electrons. The number of halogens is 1. The molecule has 0 fully saturated rings. The van der Waals surface area contributed by atoms with E-state index in [4.69, 9.17) is 4.52 Å². The third kappa shape index (κ3) is 2.93. The molecule has 0 aliphatic rings. The largest absolute Gasteiger partial charge is 0.376 e. The predicted octanol–water partition coefficient (Wildman–Crippen LogP) is 3.46. The van der Waals surface area contributed by atoms with Gasteiger partial charge in [-0.25, -0.2) is 0 Å². The van der Waals surface area contributed by atoms with Crippen LogP contribution in [0.2, 0.25) is 0 Å². The fourth-order valence-electron chi connectivity index (χ4n) is 1.77. The lowest BCUT2D eigenvalue weighted by Gasteiger charge is -2.03. The Morgan fingerprint density at radius 3 is 3.00 bits per heavy atom. The summed E-state index contributed by atoms with van der Waals surface area (Å²) in [6, 6.07) is 7.30. The molecule has 2 heterocycles. The zero-order valence-electron chi connectivity index (χ0n) is 11.0. The Morgan fingerprint density at radius 2 is 2.27 bits per heavy atom. The van der Waals surface area contributed by atoms with Gasteiger partial charge in [-0.3, -0.25) is 10.1 Å². The number of hydrogen-bond donors (Lipinski definition) is 1. The van der Waals surface area contributed by atoms with Crippen LogP contribution in [-0.4, -0.2) is 15.1 Å². The van der Waals surface area contributed by atoms with Gasteiger partial charge in [-0.05, 0) is 23.6 Å². The number of hydrogen-bond acceptors (Lipinski definition) is 7. The van der Waals surface area contributed by atoms with E-state index in [9.17, 15) is 14.5 Å². The first-order valence-corrected chi connectivity index (χ1v) is 7.06. The minimum atomic E-state index is -0.881. The molecule has 9 heteroatoms. The van der Waals surface area contributed by atoms with Crippen LogP contribution in [0.4, 0.5) is 15.8 Å². The van der Waals surface area contributed by atoms with Crippen LogP contribution in [0.1, 0.15) is 5.89 Å². The van der Waals surface area contributed by atoms with Crippen LogP contribution in [0, 0.1) is 15.9 Å². The number of nitrogens with one attached hydrogen (secondary N) is 1. The number of benzene rings is 1. The lowest BCUT2D eigenvalue weighted by molar-refractivity contribution is -0.387. The van der Waals surface area contributed by atoms with Crippen molar-refractivity contribution >= 4 is 22.7 Å². The SMILES string of the molecule is O=[N+]([O-])c1cc(NCc2nc(-c3cccs3)no2)ccc1F. The van der Waals surface area contributed by atoms with Gasteiger partial charge in [0.2, 0.25) is 17.5 Å². The van der Waals surface area contributed by atoms with E-state index in [2.05, 4.69) is 15.5 Å². The van der Waals surface area contributed by atoms with Crippen molar-refractivity contribution in [1.29, 1.82) is 0 Å². The van der Waals surface area contributed by atoms with Gasteiger partial charge in [0.15, 0.2) is 0 Å². The van der Waals surface area contributed by atoms with Crippen LogP contribution < -0.4 is 5.32 Å². The molecular weight excluding hydrogens is 311 g/mol. The molecule has 0 saturated heterocycles. The Kier molecular flexibility index (Phi) is 3.79. The summed E-state index contributed by atoms with van der Waals surface area (Å²) < 4.78 is 18.3. The van der Waals surface area contributed by atoms with E-state index in [1.807, 2.05) is 17.5 Å². The summed E-state index contributed by atoms with van der Waals surface area (Å²) in [6.45, 7) is 0.182. The number of thiophene rings is 1. The molecule has 0 bridgehead atoms. The lowest BCUT2D eigenvalue weighted by atomic mass is 10.2. The summed E-state index contributed by atoms with van der Waals surface area (Å²) in [5, 5.41) is 19.3. The van der Waals surface area contributed by atoms with Crippen molar-refractivity contribution in [3.05, 3.63) is 57.5 Å². The molecule has 0 spiro atoms. The first-order chi connectivity index (χ1) is 10.6. The summed E-state index contributed by atoms with van der Waals surface area (Å²) >= 11 is 1.49. The summed E-state index contributed by atoms with van der Waals surface area (Å²) in [7, 11) is 0. The number of aromatic nitrogens is 2. The van der Waals surface area contributed by atoms with Crippen molar-refractivity contribution in [2.24, 2.45) is 0 Å². The van der Waals surface area contributed by atoms with E-state index >= 15 is 0 Å². The molecule has 0 aliphatic heterocycles. The second-order valence-electron chi connectivity index (χ2n) is 4.27. The van der Waals surface area contributed by atoms with E-state index in [0.29, 0.717) is 17.4 Å². The van der Waals surface area contributed by atoms with Gasteiger partial charge in [0, 0.05) is 11.8 Å². The fourth-order valence-corrected chi connectivity index (χ4v) is 2.42. The first-order valence-electron chi connectivity index (χ1n) is 6.18. The van der Waals surface area contributed by atoms with Crippen molar-refractivity contribution in [3.63, 3.8) is 0 Å². The highest BCUT2D eigenvalue weighted by molar-refractivity contribution is 7.13. The van der Waals surface area contributed by atoms with Crippen LogP contribution in [0.15, 0.2) is 40.2 Å². The molecule has 1 aromatic carbocycles. The van der Waals surface area contributed by atoms with Gasteiger partial charge in [0.25, 0.3) is 0 Å². The summed E-state index contributed by atoms with van der Waals surface area (Å²) in [4.78, 5) is 15.0. The van der Waals surface area contributed by atoms with Crippen molar-refractivity contribution in [3.8, 4) is 10.7 Å². The van der Waals surface area contributed by atoms with Gasteiger partial charge in [-0.15, -0.1) is 11.3 Å². The van der Waals surface area contributed by atoms with Gasteiger partial charge < -0.3 is 9.84 Å². The normalized spacial score (nSPS) is 10.6. The third-order valence-electron chi connectivity index (χ3n) is 2.80. The van der Waals surface area contributed by atoms with Crippen LogP contribution >= 0.6 is 11.3 Å². The van der Waals surface area contributed by atoms with Crippen molar-refractivity contribution in [2.75, 3.05) is 5.32 Å². The van der Waals surface area contributed by atoms with Gasteiger partial charge in [-0.1, -0.05) is 11.2 Å². The lowest BCUT2D eigenvalue weighted by Crippen LogP contribution is -2.01. The molecule has 112 valence electrons. The molecule has 0 atom stereocenters. The number of nitrogens with zero attached hydrogens (tertiary/aromatic N) is 3. The maximum Gasteiger partial charge on any atom is 0.306 e. The van der Waals surface area contributed by atoms with Crippen molar-refractivity contribution in [1.82, 2.24) is 10.1 Å². The summed E-state index contributed by atoms with van der Waals surface area (Å²) in [5.74, 6) is -0.0689. The van der Waals surface area contributed by atoms with E-state index in [0.717, 1.165) is 17.0 Å². The van der Waals surface area contributed by atoms with E-state index in [1.165, 1.54) is 17.4 Å². The number of nitro groups is 1. The second-order valence-corrected chi connectivity index (χ2v) is 5.21. The smallest absolute Gasteiger partial charge is 0.306 e.